The predicted molar refractivity (Wildman–Crippen MR) is 83.1 cm³/mol. The maximum absolute atomic E-state index is 11.0. The minimum atomic E-state index is -0.419. The second-order valence-corrected chi connectivity index (χ2v) is 5.86. The van der Waals surface area contributed by atoms with Crippen molar-refractivity contribution in [2.45, 2.75) is 26.8 Å². The van der Waals surface area contributed by atoms with Crippen LogP contribution in [0.4, 0.5) is 11.4 Å². The summed E-state index contributed by atoms with van der Waals surface area (Å²) in [4.78, 5) is 15.9. The Kier molecular flexibility index (Phi) is 5.10. The number of thiazole rings is 1. The van der Waals surface area contributed by atoms with Gasteiger partial charge in [0.05, 0.1) is 24.1 Å². The average Bonchev–Trinajstić information content (AvgIpc) is 2.88. The van der Waals surface area contributed by atoms with Crippen molar-refractivity contribution >= 4 is 22.7 Å². The lowest BCUT2D eigenvalue weighted by Gasteiger charge is -2.09. The lowest BCUT2D eigenvalue weighted by atomic mass is 10.2. The van der Waals surface area contributed by atoms with Crippen LogP contribution < -0.4 is 10.1 Å². The molecule has 2 aromatic rings. The van der Waals surface area contributed by atoms with Gasteiger partial charge in [0.25, 0.3) is 5.69 Å². The molecule has 0 aliphatic heterocycles. The zero-order chi connectivity index (χ0) is 15.2. The van der Waals surface area contributed by atoms with Gasteiger partial charge in [-0.3, -0.25) is 10.1 Å². The fourth-order valence-corrected chi connectivity index (χ4v) is 2.48. The number of aryl methyl sites for hydroxylation is 1. The van der Waals surface area contributed by atoms with Crippen molar-refractivity contribution in [1.82, 2.24) is 4.98 Å². The number of aromatic nitrogens is 1. The third-order valence-electron chi connectivity index (χ3n) is 2.69. The molecule has 2 rings (SSSR count). The number of hydrogen-bond donors (Lipinski definition) is 1. The van der Waals surface area contributed by atoms with Gasteiger partial charge in [-0.2, -0.15) is 0 Å². The summed E-state index contributed by atoms with van der Waals surface area (Å²) < 4.78 is 5.49. The Balaban J connectivity index is 2.12. The number of benzene rings is 1. The maximum atomic E-state index is 11.0. The number of rotatable bonds is 7. The van der Waals surface area contributed by atoms with Gasteiger partial charge in [-0.1, -0.05) is 6.92 Å². The smallest absolute Gasteiger partial charge is 0.275 e. The molecule has 0 spiro atoms. The Morgan fingerprint density at radius 2 is 2.24 bits per heavy atom. The Hall–Kier alpha value is -2.15. The van der Waals surface area contributed by atoms with E-state index in [1.807, 2.05) is 20.0 Å². The Morgan fingerprint density at radius 1 is 1.43 bits per heavy atom. The molecule has 1 aromatic heterocycles. The zero-order valence-electron chi connectivity index (χ0n) is 12.0. The minimum absolute atomic E-state index is 0.0152. The monoisotopic (exact) mass is 307 g/mol. The van der Waals surface area contributed by atoms with Crippen molar-refractivity contribution in [2.24, 2.45) is 0 Å². The second kappa shape index (κ2) is 7.03. The topological polar surface area (TPSA) is 77.3 Å². The SMILES string of the molecule is CCCOc1cc(NCc2ncc(C)s2)cc([N+](=O)[O-])c1. The highest BCUT2D eigenvalue weighted by Crippen LogP contribution is 2.26. The highest BCUT2D eigenvalue weighted by Gasteiger charge is 2.11. The normalized spacial score (nSPS) is 10.4. The molecule has 1 N–H and O–H groups in total. The molecule has 0 radical (unpaired) electrons. The van der Waals surface area contributed by atoms with E-state index in [0.717, 1.165) is 16.3 Å². The first-order chi connectivity index (χ1) is 10.1. The number of ether oxygens (including phenoxy) is 1. The second-order valence-electron chi connectivity index (χ2n) is 4.54. The van der Waals surface area contributed by atoms with Crippen LogP contribution in [0.3, 0.4) is 0 Å². The largest absolute Gasteiger partial charge is 0.493 e. The number of nitro groups is 1. The van der Waals surface area contributed by atoms with Gasteiger partial charge >= 0.3 is 0 Å². The molecule has 0 saturated heterocycles. The Bertz CT molecular complexity index is 628. The van der Waals surface area contributed by atoms with Crippen LogP contribution in [-0.2, 0) is 6.54 Å². The molecular weight excluding hydrogens is 290 g/mol. The average molecular weight is 307 g/mol. The minimum Gasteiger partial charge on any atom is -0.493 e. The molecule has 0 bridgehead atoms. The van der Waals surface area contributed by atoms with Gasteiger partial charge in [-0.05, 0) is 13.3 Å². The standard InChI is InChI=1S/C14H17N3O3S/c1-3-4-20-13-6-11(5-12(7-13)17(18)19)15-9-14-16-8-10(2)21-14/h5-8,15H,3-4,9H2,1-2H3. The molecule has 112 valence electrons. The van der Waals surface area contributed by atoms with E-state index in [1.165, 1.54) is 12.1 Å². The molecule has 21 heavy (non-hydrogen) atoms. The number of hydrogen-bond acceptors (Lipinski definition) is 6. The molecule has 0 aliphatic rings. The molecular formula is C14H17N3O3S. The third kappa shape index (κ3) is 4.42. The highest BCUT2D eigenvalue weighted by atomic mass is 32.1. The first kappa shape index (κ1) is 15.2. The van der Waals surface area contributed by atoms with E-state index in [9.17, 15) is 10.1 Å². The van der Waals surface area contributed by atoms with Crippen LogP contribution in [0.1, 0.15) is 23.2 Å². The van der Waals surface area contributed by atoms with Gasteiger partial charge in [-0.15, -0.1) is 11.3 Å². The Morgan fingerprint density at radius 3 is 2.86 bits per heavy atom. The molecule has 0 unspecified atom stereocenters. The Labute approximate surface area is 126 Å². The zero-order valence-corrected chi connectivity index (χ0v) is 12.8. The van der Waals surface area contributed by atoms with Gasteiger partial charge in [0, 0.05) is 28.9 Å². The quantitative estimate of drug-likeness (QED) is 0.622. The number of nitrogens with zero attached hydrogens (tertiary/aromatic N) is 2. The summed E-state index contributed by atoms with van der Waals surface area (Å²) in [5.74, 6) is 0.504. The molecule has 0 atom stereocenters. The molecule has 0 saturated carbocycles. The van der Waals surface area contributed by atoms with E-state index < -0.39 is 4.92 Å². The first-order valence-corrected chi connectivity index (χ1v) is 7.47. The number of anilines is 1. The fraction of sp³-hybridized carbons (Fsp3) is 0.357. The summed E-state index contributed by atoms with van der Waals surface area (Å²) in [6.07, 6.45) is 2.66. The van der Waals surface area contributed by atoms with Gasteiger partial charge in [-0.25, -0.2) is 4.98 Å². The number of nitrogens with one attached hydrogen (secondary N) is 1. The van der Waals surface area contributed by atoms with Crippen molar-refractivity contribution in [3.8, 4) is 5.75 Å². The van der Waals surface area contributed by atoms with Crippen molar-refractivity contribution in [2.75, 3.05) is 11.9 Å². The summed E-state index contributed by atoms with van der Waals surface area (Å²) in [7, 11) is 0. The highest BCUT2D eigenvalue weighted by molar-refractivity contribution is 7.11. The molecule has 0 amide bonds. The van der Waals surface area contributed by atoms with E-state index in [4.69, 9.17) is 4.74 Å². The molecule has 7 heteroatoms. The lowest BCUT2D eigenvalue weighted by molar-refractivity contribution is -0.384. The van der Waals surface area contributed by atoms with Crippen LogP contribution in [-0.4, -0.2) is 16.5 Å². The summed E-state index contributed by atoms with van der Waals surface area (Å²) >= 11 is 1.60. The third-order valence-corrected chi connectivity index (χ3v) is 3.60. The molecule has 1 aromatic carbocycles. The van der Waals surface area contributed by atoms with E-state index in [-0.39, 0.29) is 5.69 Å². The van der Waals surface area contributed by atoms with E-state index in [0.29, 0.717) is 24.6 Å². The van der Waals surface area contributed by atoms with Gasteiger partial charge in [0.15, 0.2) is 0 Å². The van der Waals surface area contributed by atoms with Crippen LogP contribution >= 0.6 is 11.3 Å². The molecule has 0 fully saturated rings. The van der Waals surface area contributed by atoms with E-state index in [2.05, 4.69) is 10.3 Å². The molecule has 6 nitrogen and oxygen atoms in total. The summed E-state index contributed by atoms with van der Waals surface area (Å²) in [5.41, 5.74) is 0.671. The summed E-state index contributed by atoms with van der Waals surface area (Å²) in [5, 5.41) is 15.1. The van der Waals surface area contributed by atoms with E-state index >= 15 is 0 Å². The van der Waals surface area contributed by atoms with Crippen LogP contribution in [0.15, 0.2) is 24.4 Å². The van der Waals surface area contributed by atoms with Gasteiger partial charge in [0.1, 0.15) is 10.8 Å². The van der Waals surface area contributed by atoms with Crippen LogP contribution in [0, 0.1) is 17.0 Å². The fourth-order valence-electron chi connectivity index (χ4n) is 1.75. The lowest BCUT2D eigenvalue weighted by Crippen LogP contribution is -2.02. The molecule has 1 heterocycles. The van der Waals surface area contributed by atoms with Crippen molar-refractivity contribution in [3.05, 3.63) is 44.4 Å². The van der Waals surface area contributed by atoms with Gasteiger partial charge < -0.3 is 10.1 Å². The van der Waals surface area contributed by atoms with Crippen molar-refractivity contribution in [3.63, 3.8) is 0 Å². The summed E-state index contributed by atoms with van der Waals surface area (Å²) in [6, 6.07) is 4.71. The van der Waals surface area contributed by atoms with Crippen LogP contribution in [0.2, 0.25) is 0 Å². The first-order valence-electron chi connectivity index (χ1n) is 6.66. The van der Waals surface area contributed by atoms with Crippen LogP contribution in [0.5, 0.6) is 5.75 Å². The maximum Gasteiger partial charge on any atom is 0.275 e. The summed E-state index contributed by atoms with van der Waals surface area (Å²) in [6.45, 7) is 5.05. The van der Waals surface area contributed by atoms with Gasteiger partial charge in [0.2, 0.25) is 0 Å². The van der Waals surface area contributed by atoms with Crippen molar-refractivity contribution < 1.29 is 9.66 Å². The molecule has 0 aliphatic carbocycles. The predicted octanol–water partition coefficient (Wildman–Crippen LogP) is 3.76. The van der Waals surface area contributed by atoms with Crippen molar-refractivity contribution in [1.29, 1.82) is 0 Å². The van der Waals surface area contributed by atoms with Crippen LogP contribution in [0.25, 0.3) is 0 Å². The number of nitro benzene ring substituents is 1. The number of non-ortho nitro benzene ring substituents is 1. The van der Waals surface area contributed by atoms with E-state index in [1.54, 1.807) is 17.4 Å².